The lowest BCUT2D eigenvalue weighted by molar-refractivity contribution is -0.117. The summed E-state index contributed by atoms with van der Waals surface area (Å²) in [4.78, 5) is 27.4. The number of nitrogens with zero attached hydrogens (tertiary/aromatic N) is 1. The predicted octanol–water partition coefficient (Wildman–Crippen LogP) is 4.66. The van der Waals surface area contributed by atoms with Gasteiger partial charge in [-0.05, 0) is 61.8 Å². The van der Waals surface area contributed by atoms with Gasteiger partial charge in [0.25, 0.3) is 0 Å². The van der Waals surface area contributed by atoms with E-state index in [1.165, 1.54) is 17.8 Å². The van der Waals surface area contributed by atoms with Crippen LogP contribution in [0.3, 0.4) is 0 Å². The highest BCUT2D eigenvalue weighted by Crippen LogP contribution is 2.44. The minimum Gasteiger partial charge on any atom is -0.491 e. The zero-order chi connectivity index (χ0) is 20.1. The number of likely N-dealkylation sites (tertiary alicyclic amines) is 1. The van der Waals surface area contributed by atoms with E-state index < -0.39 is 5.97 Å². The van der Waals surface area contributed by atoms with E-state index in [0.717, 1.165) is 40.5 Å². The first kappa shape index (κ1) is 21.1. The summed E-state index contributed by atoms with van der Waals surface area (Å²) in [5, 5.41) is 4.18. The quantitative estimate of drug-likeness (QED) is 0.598. The maximum absolute atomic E-state index is 12.6. The zero-order valence-corrected chi connectivity index (χ0v) is 18.6. The fourth-order valence-corrected chi connectivity index (χ4v) is 5.15. The number of rotatable bonds is 7. The molecule has 0 atom stereocenters. The Morgan fingerprint density at radius 1 is 1.18 bits per heavy atom. The molecule has 1 N–H and O–H groups in total. The number of piperidine rings is 1. The Bertz CT molecular complexity index is 861. The van der Waals surface area contributed by atoms with Gasteiger partial charge in [-0.3, -0.25) is 9.69 Å². The summed E-state index contributed by atoms with van der Waals surface area (Å²) < 4.78 is 12.6. The van der Waals surface area contributed by atoms with E-state index in [4.69, 9.17) is 9.47 Å². The molecule has 1 aromatic heterocycles. The number of carbonyl (C=O) groups excluding carboxylic acids is 2. The molecule has 0 radical (unpaired) electrons. The van der Waals surface area contributed by atoms with Crippen molar-refractivity contribution in [1.82, 2.24) is 4.90 Å². The SMILES string of the molecule is CCOC(=O)c1c(NC(=O)CN2CCCCC2)sc2c(OCC)c(Br)ccc12. The molecule has 1 fully saturated rings. The lowest BCUT2D eigenvalue weighted by atomic mass is 10.1. The smallest absolute Gasteiger partial charge is 0.341 e. The highest BCUT2D eigenvalue weighted by molar-refractivity contribution is 9.10. The van der Waals surface area contributed by atoms with E-state index in [-0.39, 0.29) is 12.5 Å². The average Bonchev–Trinajstić information content (AvgIpc) is 3.03. The van der Waals surface area contributed by atoms with Crippen molar-refractivity contribution in [2.45, 2.75) is 33.1 Å². The number of nitrogens with one attached hydrogen (secondary N) is 1. The molecule has 0 unspecified atom stereocenters. The molecule has 6 nitrogen and oxygen atoms in total. The second kappa shape index (κ2) is 9.71. The van der Waals surface area contributed by atoms with Crippen molar-refractivity contribution in [2.24, 2.45) is 0 Å². The van der Waals surface area contributed by atoms with Gasteiger partial charge in [0.2, 0.25) is 5.91 Å². The lowest BCUT2D eigenvalue weighted by Gasteiger charge is -2.25. The van der Waals surface area contributed by atoms with Crippen molar-refractivity contribution in [3.05, 3.63) is 22.2 Å². The van der Waals surface area contributed by atoms with Gasteiger partial charge in [0, 0.05) is 5.39 Å². The molecular weight excluding hydrogens is 444 g/mol. The van der Waals surface area contributed by atoms with Crippen LogP contribution in [0, 0.1) is 0 Å². The monoisotopic (exact) mass is 468 g/mol. The Balaban J connectivity index is 1.94. The van der Waals surface area contributed by atoms with Crippen molar-refractivity contribution in [3.63, 3.8) is 0 Å². The molecule has 8 heteroatoms. The lowest BCUT2D eigenvalue weighted by Crippen LogP contribution is -2.36. The van der Waals surface area contributed by atoms with E-state index >= 15 is 0 Å². The number of thiophene rings is 1. The summed E-state index contributed by atoms with van der Waals surface area (Å²) in [7, 11) is 0. The molecule has 1 aliphatic heterocycles. The average molecular weight is 469 g/mol. The highest BCUT2D eigenvalue weighted by Gasteiger charge is 2.25. The van der Waals surface area contributed by atoms with Gasteiger partial charge in [0.1, 0.15) is 10.6 Å². The summed E-state index contributed by atoms with van der Waals surface area (Å²) in [5.41, 5.74) is 0.391. The van der Waals surface area contributed by atoms with Crippen LogP contribution >= 0.6 is 27.3 Å². The second-order valence-electron chi connectivity index (χ2n) is 6.60. The zero-order valence-electron chi connectivity index (χ0n) is 16.2. The normalized spacial score (nSPS) is 14.8. The molecule has 0 saturated carbocycles. The van der Waals surface area contributed by atoms with Gasteiger partial charge < -0.3 is 14.8 Å². The van der Waals surface area contributed by atoms with Crippen molar-refractivity contribution in [1.29, 1.82) is 0 Å². The third-order valence-corrected chi connectivity index (χ3v) is 6.35. The summed E-state index contributed by atoms with van der Waals surface area (Å²) in [6.07, 6.45) is 3.46. The van der Waals surface area contributed by atoms with Gasteiger partial charge in [-0.25, -0.2) is 4.79 Å². The molecule has 1 amide bonds. The third kappa shape index (κ3) is 4.67. The van der Waals surface area contributed by atoms with Crippen LogP contribution in [0.2, 0.25) is 0 Å². The molecule has 1 saturated heterocycles. The predicted molar refractivity (Wildman–Crippen MR) is 116 cm³/mol. The largest absolute Gasteiger partial charge is 0.491 e. The molecule has 0 spiro atoms. The van der Waals surface area contributed by atoms with Crippen LogP contribution in [0.5, 0.6) is 5.75 Å². The molecule has 2 aromatic rings. The first-order chi connectivity index (χ1) is 13.5. The number of benzene rings is 1. The number of carbonyl (C=O) groups is 2. The maximum Gasteiger partial charge on any atom is 0.341 e. The topological polar surface area (TPSA) is 67.9 Å². The number of anilines is 1. The van der Waals surface area contributed by atoms with Crippen LogP contribution in [0.15, 0.2) is 16.6 Å². The van der Waals surface area contributed by atoms with Crippen molar-refractivity contribution >= 4 is 54.2 Å². The van der Waals surface area contributed by atoms with E-state index in [0.29, 0.717) is 29.5 Å². The summed E-state index contributed by atoms with van der Waals surface area (Å²) in [6, 6.07) is 3.70. The van der Waals surface area contributed by atoms with Crippen LogP contribution in [0.1, 0.15) is 43.5 Å². The van der Waals surface area contributed by atoms with Gasteiger partial charge in [0.15, 0.2) is 5.75 Å². The van der Waals surface area contributed by atoms with Gasteiger partial charge >= 0.3 is 5.97 Å². The van der Waals surface area contributed by atoms with Crippen LogP contribution in [0.4, 0.5) is 5.00 Å². The fraction of sp³-hybridized carbons (Fsp3) is 0.500. The number of hydrogen-bond acceptors (Lipinski definition) is 6. The highest BCUT2D eigenvalue weighted by atomic mass is 79.9. The number of ether oxygens (including phenoxy) is 2. The third-order valence-electron chi connectivity index (χ3n) is 4.60. The minimum atomic E-state index is -0.438. The minimum absolute atomic E-state index is 0.115. The molecule has 28 heavy (non-hydrogen) atoms. The van der Waals surface area contributed by atoms with Crippen molar-refractivity contribution in [3.8, 4) is 5.75 Å². The van der Waals surface area contributed by atoms with E-state index in [9.17, 15) is 9.59 Å². The van der Waals surface area contributed by atoms with Crippen molar-refractivity contribution < 1.29 is 19.1 Å². The molecule has 3 rings (SSSR count). The first-order valence-corrected chi connectivity index (χ1v) is 11.2. The van der Waals surface area contributed by atoms with Crippen LogP contribution in [-0.2, 0) is 9.53 Å². The summed E-state index contributed by atoms with van der Waals surface area (Å²) >= 11 is 4.85. The van der Waals surface area contributed by atoms with Gasteiger partial charge in [0.05, 0.1) is 28.9 Å². The van der Waals surface area contributed by atoms with Crippen LogP contribution in [-0.4, -0.2) is 49.6 Å². The van der Waals surface area contributed by atoms with E-state index in [1.807, 2.05) is 19.1 Å². The molecule has 0 bridgehead atoms. The summed E-state index contributed by atoms with van der Waals surface area (Å²) in [5.74, 6) is 0.120. The molecule has 1 aromatic carbocycles. The van der Waals surface area contributed by atoms with Crippen molar-refractivity contribution in [2.75, 3.05) is 38.2 Å². The summed E-state index contributed by atoms with van der Waals surface area (Å²) in [6.45, 7) is 6.65. The van der Waals surface area contributed by atoms with Crippen LogP contribution < -0.4 is 10.1 Å². The van der Waals surface area contributed by atoms with Gasteiger partial charge in [-0.15, -0.1) is 11.3 Å². The first-order valence-electron chi connectivity index (χ1n) is 9.62. The number of halogens is 1. The fourth-order valence-electron chi connectivity index (χ4n) is 3.37. The van der Waals surface area contributed by atoms with E-state index in [2.05, 4.69) is 26.1 Å². The number of fused-ring (bicyclic) bond motifs is 1. The number of esters is 1. The Morgan fingerprint density at radius 2 is 1.93 bits per heavy atom. The molecule has 0 aliphatic carbocycles. The Kier molecular flexibility index (Phi) is 7.31. The van der Waals surface area contributed by atoms with Crippen LogP contribution in [0.25, 0.3) is 10.1 Å². The second-order valence-corrected chi connectivity index (χ2v) is 8.47. The molecule has 152 valence electrons. The van der Waals surface area contributed by atoms with Gasteiger partial charge in [-0.2, -0.15) is 0 Å². The molecule has 2 heterocycles. The standard InChI is InChI=1S/C20H25BrN2O4S/c1-3-26-17-14(21)9-8-13-16(20(25)27-4-2)19(28-18(13)17)22-15(24)12-23-10-6-5-7-11-23/h8-9H,3-7,10-12H2,1-2H3,(H,22,24). The Hall–Kier alpha value is -1.64. The maximum atomic E-state index is 12.6. The van der Waals surface area contributed by atoms with Gasteiger partial charge in [-0.1, -0.05) is 12.5 Å². The molecular formula is C20H25BrN2O4S. The Labute approximate surface area is 177 Å². The number of hydrogen-bond donors (Lipinski definition) is 1. The Morgan fingerprint density at radius 3 is 2.61 bits per heavy atom. The number of amides is 1. The van der Waals surface area contributed by atoms with E-state index in [1.54, 1.807) is 6.92 Å². The molecule has 1 aliphatic rings.